The third-order valence-corrected chi connectivity index (χ3v) is 2.56. The van der Waals surface area contributed by atoms with Gasteiger partial charge >= 0.3 is 0 Å². The van der Waals surface area contributed by atoms with Crippen molar-refractivity contribution in [2.24, 2.45) is 0 Å². The van der Waals surface area contributed by atoms with E-state index in [1.54, 1.807) is 7.11 Å². The number of carbonyl (C=O) groups is 1. The van der Waals surface area contributed by atoms with Crippen LogP contribution in [0.2, 0.25) is 0 Å². The monoisotopic (exact) mass is 251 g/mol. The molecule has 1 amide bonds. The Kier molecular flexibility index (Phi) is 6.22. The van der Waals surface area contributed by atoms with Crippen molar-refractivity contribution in [1.82, 2.24) is 5.32 Å². The molecule has 0 bridgehead atoms. The first-order valence-corrected chi connectivity index (χ1v) is 6.19. The second kappa shape index (κ2) is 7.71. The van der Waals surface area contributed by atoms with Crippen molar-refractivity contribution < 1.29 is 14.3 Å². The predicted molar refractivity (Wildman–Crippen MR) is 70.7 cm³/mol. The molecular formula is C14H21NO3. The van der Waals surface area contributed by atoms with E-state index >= 15 is 0 Å². The summed E-state index contributed by atoms with van der Waals surface area (Å²) < 4.78 is 10.5. The van der Waals surface area contributed by atoms with Gasteiger partial charge in [0.05, 0.1) is 13.2 Å². The number of rotatable bonds is 7. The van der Waals surface area contributed by atoms with Gasteiger partial charge < -0.3 is 14.8 Å². The minimum absolute atomic E-state index is 0.0983. The van der Waals surface area contributed by atoms with Crippen LogP contribution < -0.4 is 10.1 Å². The van der Waals surface area contributed by atoms with Gasteiger partial charge in [-0.3, -0.25) is 4.79 Å². The minimum atomic E-state index is -0.109. The number of carbonyl (C=O) groups excluding carboxylic acids is 1. The fraction of sp³-hybridized carbons (Fsp3) is 0.500. The molecule has 1 rings (SSSR count). The maximum atomic E-state index is 11.6. The smallest absolute Gasteiger partial charge is 0.246 e. The molecule has 18 heavy (non-hydrogen) atoms. The summed E-state index contributed by atoms with van der Waals surface area (Å²) in [4.78, 5) is 11.6. The van der Waals surface area contributed by atoms with Crippen molar-refractivity contribution >= 4 is 5.91 Å². The highest BCUT2D eigenvalue weighted by Gasteiger charge is 2.13. The van der Waals surface area contributed by atoms with Gasteiger partial charge in [0.2, 0.25) is 5.91 Å². The van der Waals surface area contributed by atoms with Gasteiger partial charge in [0, 0.05) is 12.2 Å². The van der Waals surface area contributed by atoms with E-state index < -0.39 is 0 Å². The zero-order valence-electron chi connectivity index (χ0n) is 11.2. The van der Waals surface area contributed by atoms with Gasteiger partial charge in [-0.25, -0.2) is 0 Å². The van der Waals surface area contributed by atoms with Crippen LogP contribution in [0.3, 0.4) is 0 Å². The molecule has 0 saturated heterocycles. The SMILES string of the molecule is CCCOCC(=O)N[C@@H](C)c1ccccc1OC. The van der Waals surface area contributed by atoms with E-state index in [0.717, 1.165) is 17.7 Å². The highest BCUT2D eigenvalue weighted by molar-refractivity contribution is 5.77. The summed E-state index contributed by atoms with van der Waals surface area (Å²) in [6.45, 7) is 4.65. The minimum Gasteiger partial charge on any atom is -0.496 e. The molecule has 0 fully saturated rings. The average molecular weight is 251 g/mol. The molecule has 1 aromatic carbocycles. The van der Waals surface area contributed by atoms with Crippen molar-refractivity contribution in [3.63, 3.8) is 0 Å². The van der Waals surface area contributed by atoms with Crippen molar-refractivity contribution in [1.29, 1.82) is 0 Å². The molecule has 1 N–H and O–H groups in total. The molecule has 4 heteroatoms. The Labute approximate surface area is 108 Å². The molecule has 100 valence electrons. The van der Waals surface area contributed by atoms with Crippen LogP contribution in [0.5, 0.6) is 5.75 Å². The Morgan fingerprint density at radius 2 is 2.11 bits per heavy atom. The molecule has 0 aliphatic heterocycles. The lowest BCUT2D eigenvalue weighted by atomic mass is 10.1. The number of hydrogen-bond donors (Lipinski definition) is 1. The van der Waals surface area contributed by atoms with Crippen LogP contribution in [0, 0.1) is 0 Å². The molecule has 0 aliphatic carbocycles. The van der Waals surface area contributed by atoms with E-state index in [-0.39, 0.29) is 18.6 Å². The zero-order chi connectivity index (χ0) is 13.4. The molecule has 0 spiro atoms. The van der Waals surface area contributed by atoms with E-state index in [0.29, 0.717) is 6.61 Å². The Morgan fingerprint density at radius 1 is 1.39 bits per heavy atom. The lowest BCUT2D eigenvalue weighted by Gasteiger charge is -2.17. The molecule has 4 nitrogen and oxygen atoms in total. The zero-order valence-corrected chi connectivity index (χ0v) is 11.2. The number of methoxy groups -OCH3 is 1. The van der Waals surface area contributed by atoms with Gasteiger partial charge in [-0.2, -0.15) is 0 Å². The number of hydrogen-bond acceptors (Lipinski definition) is 3. The lowest BCUT2D eigenvalue weighted by molar-refractivity contribution is -0.126. The third kappa shape index (κ3) is 4.37. The van der Waals surface area contributed by atoms with Crippen LogP contribution in [0.25, 0.3) is 0 Å². The predicted octanol–water partition coefficient (Wildman–Crippen LogP) is 2.30. The van der Waals surface area contributed by atoms with Gasteiger partial charge in [0.1, 0.15) is 12.4 Å². The maximum Gasteiger partial charge on any atom is 0.246 e. The fourth-order valence-electron chi connectivity index (χ4n) is 1.69. The Hall–Kier alpha value is -1.55. The normalized spacial score (nSPS) is 11.9. The van der Waals surface area contributed by atoms with Crippen molar-refractivity contribution in [3.8, 4) is 5.75 Å². The largest absolute Gasteiger partial charge is 0.496 e. The molecule has 0 heterocycles. The fourth-order valence-corrected chi connectivity index (χ4v) is 1.69. The first kappa shape index (κ1) is 14.5. The summed E-state index contributed by atoms with van der Waals surface area (Å²) in [5, 5.41) is 2.89. The number of benzene rings is 1. The van der Waals surface area contributed by atoms with Crippen LogP contribution in [-0.2, 0) is 9.53 Å². The first-order valence-electron chi connectivity index (χ1n) is 6.19. The topological polar surface area (TPSA) is 47.6 Å². The summed E-state index contributed by atoms with van der Waals surface area (Å²) in [6, 6.07) is 7.55. The molecule has 0 radical (unpaired) electrons. The Bertz CT molecular complexity index is 379. The second-order valence-corrected chi connectivity index (χ2v) is 4.08. The second-order valence-electron chi connectivity index (χ2n) is 4.08. The Morgan fingerprint density at radius 3 is 2.78 bits per heavy atom. The molecule has 0 aliphatic rings. The van der Waals surface area contributed by atoms with E-state index in [1.807, 2.05) is 38.1 Å². The van der Waals surface area contributed by atoms with Crippen LogP contribution >= 0.6 is 0 Å². The molecule has 0 unspecified atom stereocenters. The quantitative estimate of drug-likeness (QED) is 0.756. The molecular weight excluding hydrogens is 230 g/mol. The van der Waals surface area contributed by atoms with E-state index in [9.17, 15) is 4.79 Å². The van der Waals surface area contributed by atoms with Crippen molar-refractivity contribution in [2.75, 3.05) is 20.3 Å². The van der Waals surface area contributed by atoms with Gasteiger partial charge in [0.15, 0.2) is 0 Å². The van der Waals surface area contributed by atoms with E-state index in [4.69, 9.17) is 9.47 Å². The number of nitrogens with one attached hydrogen (secondary N) is 1. The van der Waals surface area contributed by atoms with Crippen LogP contribution in [0.15, 0.2) is 24.3 Å². The number of amides is 1. The maximum absolute atomic E-state index is 11.6. The number of ether oxygens (including phenoxy) is 2. The van der Waals surface area contributed by atoms with Crippen LogP contribution in [-0.4, -0.2) is 26.2 Å². The van der Waals surface area contributed by atoms with Crippen LogP contribution in [0.1, 0.15) is 31.9 Å². The summed E-state index contributed by atoms with van der Waals surface area (Å²) in [6.07, 6.45) is 0.912. The van der Waals surface area contributed by atoms with Gasteiger partial charge in [-0.05, 0) is 19.4 Å². The van der Waals surface area contributed by atoms with E-state index in [2.05, 4.69) is 5.32 Å². The van der Waals surface area contributed by atoms with E-state index in [1.165, 1.54) is 0 Å². The summed E-state index contributed by atoms with van der Waals surface area (Å²) >= 11 is 0. The third-order valence-electron chi connectivity index (χ3n) is 2.56. The van der Waals surface area contributed by atoms with Crippen molar-refractivity contribution in [3.05, 3.63) is 29.8 Å². The molecule has 1 atom stereocenters. The Balaban J connectivity index is 2.53. The first-order chi connectivity index (χ1) is 8.69. The van der Waals surface area contributed by atoms with Crippen molar-refractivity contribution in [2.45, 2.75) is 26.3 Å². The summed E-state index contributed by atoms with van der Waals surface area (Å²) in [5.74, 6) is 0.668. The molecule has 1 aromatic rings. The van der Waals surface area contributed by atoms with Crippen LogP contribution in [0.4, 0.5) is 0 Å². The van der Waals surface area contributed by atoms with Gasteiger partial charge in [0.25, 0.3) is 0 Å². The van der Waals surface area contributed by atoms with Gasteiger partial charge in [-0.15, -0.1) is 0 Å². The molecule has 0 aromatic heterocycles. The average Bonchev–Trinajstić information content (AvgIpc) is 2.39. The lowest BCUT2D eigenvalue weighted by Crippen LogP contribution is -2.30. The number of para-hydroxylation sites is 1. The highest BCUT2D eigenvalue weighted by Crippen LogP contribution is 2.24. The summed E-state index contributed by atoms with van der Waals surface area (Å²) in [7, 11) is 1.62. The van der Waals surface area contributed by atoms with Gasteiger partial charge in [-0.1, -0.05) is 25.1 Å². The highest BCUT2D eigenvalue weighted by atomic mass is 16.5. The summed E-state index contributed by atoms with van der Waals surface area (Å²) in [5.41, 5.74) is 0.962. The molecule has 0 saturated carbocycles. The standard InChI is InChI=1S/C14H21NO3/c1-4-9-18-10-14(16)15-11(2)12-7-5-6-8-13(12)17-3/h5-8,11H,4,9-10H2,1-3H3,(H,15,16)/t11-/m0/s1.